The molecular weight excluding hydrogens is 205 g/mol. The lowest BCUT2D eigenvalue weighted by Crippen LogP contribution is -2.26. The number of halogens is 3. The van der Waals surface area contributed by atoms with Crippen molar-refractivity contribution in [3.63, 3.8) is 0 Å². The van der Waals surface area contributed by atoms with Crippen molar-refractivity contribution in [2.24, 2.45) is 0 Å². The van der Waals surface area contributed by atoms with Gasteiger partial charge in [-0.1, -0.05) is 6.08 Å². The van der Waals surface area contributed by atoms with Crippen molar-refractivity contribution in [3.05, 3.63) is 12.7 Å². The number of hydrogen-bond acceptors (Lipinski definition) is 4. The van der Waals surface area contributed by atoms with E-state index in [4.69, 9.17) is 0 Å². The van der Waals surface area contributed by atoms with E-state index >= 15 is 0 Å². The number of carbonyl (C=O) groups is 2. The van der Waals surface area contributed by atoms with Gasteiger partial charge >= 0.3 is 18.1 Å². The zero-order valence-corrected chi connectivity index (χ0v) is 6.97. The summed E-state index contributed by atoms with van der Waals surface area (Å²) in [7, 11) is 0. The molecule has 7 heteroatoms. The summed E-state index contributed by atoms with van der Waals surface area (Å²) in [6, 6.07) is 0. The summed E-state index contributed by atoms with van der Waals surface area (Å²) >= 11 is 0. The second-order valence-corrected chi connectivity index (χ2v) is 2.15. The first-order valence-corrected chi connectivity index (χ1v) is 3.47. The van der Waals surface area contributed by atoms with E-state index < -0.39 is 18.1 Å². The van der Waals surface area contributed by atoms with Crippen LogP contribution in [0.15, 0.2) is 12.7 Å². The zero-order valence-electron chi connectivity index (χ0n) is 6.97. The topological polar surface area (TPSA) is 52.6 Å². The van der Waals surface area contributed by atoms with Gasteiger partial charge in [0, 0.05) is 0 Å². The molecule has 0 aromatic rings. The minimum atomic E-state index is -5.17. The van der Waals surface area contributed by atoms with Crippen LogP contribution in [0.1, 0.15) is 12.8 Å². The van der Waals surface area contributed by atoms with Gasteiger partial charge in [0.25, 0.3) is 0 Å². The number of hydrogen-bond donors (Lipinski definition) is 0. The van der Waals surface area contributed by atoms with Gasteiger partial charge in [0.2, 0.25) is 0 Å². The first-order chi connectivity index (χ1) is 6.38. The maximum absolute atomic E-state index is 11.5. The number of rotatable bonds is 3. The molecule has 0 aromatic carbocycles. The summed E-state index contributed by atoms with van der Waals surface area (Å²) in [5, 5.41) is 0. The summed E-state index contributed by atoms with van der Waals surface area (Å²) in [4.78, 5) is 27.3. The maximum atomic E-state index is 11.5. The lowest BCUT2D eigenvalue weighted by Gasteiger charge is -2.04. The Morgan fingerprint density at radius 3 is 2.29 bits per heavy atom. The minimum Gasteiger partial charge on any atom is -0.247 e. The van der Waals surface area contributed by atoms with Crippen molar-refractivity contribution in [3.8, 4) is 0 Å². The van der Waals surface area contributed by atoms with E-state index in [9.17, 15) is 22.8 Å². The average Bonchev–Trinajstić information content (AvgIpc) is 2.09. The average molecular weight is 212 g/mol. The highest BCUT2D eigenvalue weighted by atomic mass is 19.4. The zero-order chi connectivity index (χ0) is 11.2. The van der Waals surface area contributed by atoms with Gasteiger partial charge in [0.1, 0.15) is 0 Å². The summed E-state index contributed by atoms with van der Waals surface area (Å²) < 4.78 is 34.4. The fourth-order valence-corrected chi connectivity index (χ4v) is 0.393. The van der Waals surface area contributed by atoms with Gasteiger partial charge in [-0.2, -0.15) is 13.2 Å². The molecule has 0 rings (SSSR count). The third-order valence-corrected chi connectivity index (χ3v) is 0.994. The van der Waals surface area contributed by atoms with Crippen LogP contribution in [-0.2, 0) is 19.4 Å². The van der Waals surface area contributed by atoms with Gasteiger partial charge in [0.05, 0.1) is 6.42 Å². The molecule has 0 bridgehead atoms. The molecule has 0 unspecified atom stereocenters. The summed E-state index contributed by atoms with van der Waals surface area (Å²) in [5.74, 6) is -3.63. The Balaban J connectivity index is 3.78. The Kier molecular flexibility index (Phi) is 4.68. The lowest BCUT2D eigenvalue weighted by atomic mass is 10.3. The molecule has 0 amide bonds. The van der Waals surface area contributed by atoms with Gasteiger partial charge in [-0.3, -0.25) is 0 Å². The molecule has 0 aliphatic heterocycles. The Bertz CT molecular complexity index is 234. The predicted molar refractivity (Wildman–Crippen MR) is 37.7 cm³/mol. The van der Waals surface area contributed by atoms with E-state index in [1.807, 2.05) is 0 Å². The second-order valence-electron chi connectivity index (χ2n) is 2.15. The van der Waals surface area contributed by atoms with E-state index in [2.05, 4.69) is 16.4 Å². The van der Waals surface area contributed by atoms with Gasteiger partial charge in [-0.15, -0.1) is 6.58 Å². The van der Waals surface area contributed by atoms with Crippen molar-refractivity contribution >= 4 is 11.9 Å². The predicted octanol–water partition coefficient (Wildman–Crippen LogP) is 1.52. The molecule has 0 fully saturated rings. The molecule has 0 saturated carbocycles. The second kappa shape index (κ2) is 5.25. The third kappa shape index (κ3) is 5.18. The molecule has 14 heavy (non-hydrogen) atoms. The largest absolute Gasteiger partial charge is 0.495 e. The highest BCUT2D eigenvalue weighted by Crippen LogP contribution is 2.16. The molecule has 0 aromatic heterocycles. The van der Waals surface area contributed by atoms with Crippen LogP contribution >= 0.6 is 0 Å². The highest BCUT2D eigenvalue weighted by molar-refractivity contribution is 5.76. The quantitative estimate of drug-likeness (QED) is 0.404. The van der Waals surface area contributed by atoms with Crippen LogP contribution in [-0.4, -0.2) is 18.1 Å². The van der Waals surface area contributed by atoms with Crippen LogP contribution in [0.2, 0.25) is 0 Å². The van der Waals surface area contributed by atoms with E-state index in [0.29, 0.717) is 0 Å². The summed E-state index contributed by atoms with van der Waals surface area (Å²) in [6.45, 7) is 3.27. The van der Waals surface area contributed by atoms with Crippen molar-refractivity contribution < 1.29 is 32.5 Å². The monoisotopic (exact) mass is 212 g/mol. The number of alkyl halides is 3. The molecule has 80 valence electrons. The third-order valence-electron chi connectivity index (χ3n) is 0.994. The van der Waals surface area contributed by atoms with E-state index in [0.717, 1.165) is 0 Å². The van der Waals surface area contributed by atoms with Crippen molar-refractivity contribution in [2.45, 2.75) is 19.0 Å². The molecule has 0 N–H and O–H groups in total. The van der Waals surface area contributed by atoms with Crippen molar-refractivity contribution in [1.82, 2.24) is 0 Å². The first-order valence-electron chi connectivity index (χ1n) is 3.47. The van der Waals surface area contributed by atoms with Gasteiger partial charge in [-0.05, 0) is 6.42 Å². The van der Waals surface area contributed by atoms with Crippen LogP contribution < -0.4 is 0 Å². The fourth-order valence-electron chi connectivity index (χ4n) is 0.393. The number of carbonyl (C=O) groups excluding carboxylic acids is 2. The smallest absolute Gasteiger partial charge is 0.247 e. The Labute approximate surface area is 77.2 Å². The Morgan fingerprint density at radius 1 is 1.29 bits per heavy atom. The van der Waals surface area contributed by atoms with E-state index in [-0.39, 0.29) is 12.8 Å². The van der Waals surface area contributed by atoms with Crippen molar-refractivity contribution in [2.75, 3.05) is 0 Å². The normalized spacial score (nSPS) is 10.5. The standard InChI is InChI=1S/C7H7F3O4/c1-2-3-4-5(11)13-14-6(12)7(8,9)10/h2H,1,3-4H2. The molecule has 4 nitrogen and oxygen atoms in total. The van der Waals surface area contributed by atoms with Crippen LogP contribution in [0.3, 0.4) is 0 Å². The van der Waals surface area contributed by atoms with Crippen LogP contribution in [0.4, 0.5) is 13.2 Å². The molecule has 0 saturated heterocycles. The maximum Gasteiger partial charge on any atom is 0.495 e. The van der Waals surface area contributed by atoms with E-state index in [1.165, 1.54) is 6.08 Å². The molecule has 0 radical (unpaired) electrons. The molecule has 0 aliphatic rings. The molecule has 0 heterocycles. The number of allylic oxidation sites excluding steroid dienone is 1. The van der Waals surface area contributed by atoms with Gasteiger partial charge in [0.15, 0.2) is 0 Å². The molecule has 0 aliphatic carbocycles. The molecule has 0 spiro atoms. The van der Waals surface area contributed by atoms with Gasteiger partial charge in [-0.25, -0.2) is 19.4 Å². The van der Waals surface area contributed by atoms with Gasteiger partial charge < -0.3 is 0 Å². The van der Waals surface area contributed by atoms with Crippen LogP contribution in [0, 0.1) is 0 Å². The van der Waals surface area contributed by atoms with Crippen molar-refractivity contribution in [1.29, 1.82) is 0 Å². The Morgan fingerprint density at radius 2 is 1.86 bits per heavy atom. The summed E-state index contributed by atoms with van der Waals surface area (Å²) in [5.41, 5.74) is 0. The first kappa shape index (κ1) is 12.5. The molecule has 0 atom stereocenters. The Hall–Kier alpha value is -1.53. The van der Waals surface area contributed by atoms with Crippen LogP contribution in [0.25, 0.3) is 0 Å². The SMILES string of the molecule is C=CCCC(=O)OOC(=O)C(F)(F)F. The fraction of sp³-hybridized carbons (Fsp3) is 0.429. The minimum absolute atomic E-state index is 0.200. The highest BCUT2D eigenvalue weighted by Gasteiger charge is 2.43. The molecular formula is C7H7F3O4. The lowest BCUT2D eigenvalue weighted by molar-refractivity contribution is -0.285. The van der Waals surface area contributed by atoms with E-state index in [1.54, 1.807) is 0 Å². The summed E-state index contributed by atoms with van der Waals surface area (Å²) in [6.07, 6.45) is -3.78. The van der Waals surface area contributed by atoms with Crippen LogP contribution in [0.5, 0.6) is 0 Å².